The largest absolute Gasteiger partial charge is 0.493 e. The molecule has 0 aromatic heterocycles. The van der Waals surface area contributed by atoms with Crippen LogP contribution >= 0.6 is 0 Å². The summed E-state index contributed by atoms with van der Waals surface area (Å²) in [6.45, 7) is 2.21. The van der Waals surface area contributed by atoms with Gasteiger partial charge < -0.3 is 40.2 Å². The lowest BCUT2D eigenvalue weighted by molar-refractivity contribution is -0.129. The van der Waals surface area contributed by atoms with Crippen molar-refractivity contribution in [3.05, 3.63) is 124 Å². The van der Waals surface area contributed by atoms with Crippen LogP contribution < -0.4 is 50.0 Å². The van der Waals surface area contributed by atoms with Crippen LogP contribution in [0.3, 0.4) is 0 Å². The molecule has 0 bridgehead atoms. The van der Waals surface area contributed by atoms with Gasteiger partial charge in [-0.2, -0.15) is 0 Å². The van der Waals surface area contributed by atoms with Gasteiger partial charge in [0.15, 0.2) is 23.0 Å². The molecular weight excluding hydrogens is 897 g/mol. The number of anilines is 3. The Labute approximate surface area is 403 Å². The maximum atomic E-state index is 14.0. The second kappa shape index (κ2) is 20.0. The van der Waals surface area contributed by atoms with Crippen molar-refractivity contribution in [1.29, 1.82) is 0 Å². The van der Waals surface area contributed by atoms with Crippen LogP contribution in [0.25, 0.3) is 0 Å². The van der Waals surface area contributed by atoms with E-state index < -0.39 is 30.8 Å². The molecule has 18 nitrogen and oxygen atoms in total. The van der Waals surface area contributed by atoms with Crippen LogP contribution in [0.15, 0.2) is 101 Å². The van der Waals surface area contributed by atoms with Gasteiger partial charge in [0.2, 0.25) is 23.6 Å². The second-order valence-electron chi connectivity index (χ2n) is 17.3. The smallest absolute Gasteiger partial charge is 0.261 e. The van der Waals surface area contributed by atoms with Crippen LogP contribution in [-0.2, 0) is 45.2 Å². The summed E-state index contributed by atoms with van der Waals surface area (Å²) < 4.78 is 24.2. The third-order valence-electron chi connectivity index (χ3n) is 12.2. The number of fused-ring (bicyclic) bond motifs is 8. The van der Waals surface area contributed by atoms with E-state index in [1.807, 2.05) is 54.6 Å². The van der Waals surface area contributed by atoms with E-state index in [1.165, 1.54) is 14.2 Å². The molecule has 70 heavy (non-hydrogen) atoms. The Balaban J connectivity index is 0.929. The first-order chi connectivity index (χ1) is 33.9. The van der Waals surface area contributed by atoms with E-state index in [2.05, 4.69) is 21.3 Å². The van der Waals surface area contributed by atoms with Gasteiger partial charge in [-0.25, -0.2) is 0 Å². The van der Waals surface area contributed by atoms with Gasteiger partial charge in [0.25, 0.3) is 11.8 Å². The fraction of sp³-hybridized carbons (Fsp3) is 0.269. The van der Waals surface area contributed by atoms with E-state index >= 15 is 0 Å². The highest BCUT2D eigenvalue weighted by molar-refractivity contribution is 6.16. The Morgan fingerprint density at radius 3 is 1.53 bits per heavy atom. The Morgan fingerprint density at radius 1 is 0.600 bits per heavy atom. The van der Waals surface area contributed by atoms with Crippen molar-refractivity contribution in [1.82, 2.24) is 16.0 Å². The summed E-state index contributed by atoms with van der Waals surface area (Å²) in [7, 11) is 2.97. The third-order valence-corrected chi connectivity index (χ3v) is 12.2. The first-order valence-electron chi connectivity index (χ1n) is 22.7. The van der Waals surface area contributed by atoms with E-state index in [0.717, 1.165) is 22.5 Å². The standard InChI is InChI=1S/C52H50N8O10/c1-29(2)50(64)57-25-48(62)55-24-47(61)56-26-49(63)58-34-14-30(27-69-45-20-39-37(18-43(45)67-3)51(65)59-35(22-53-39)16-32-9-5-7-11-41(32)59)13-31(15-34)28-70-46-21-40-38(19-44(46)68-4)52(66)60-36(23-54-40)17-33-10-6-8-12-42(33)60/h5-15,18-23,29,35-36H,16-17,24-28H2,1-4H3,(H,55,62)(H,56,61)(H,57,64)(H,58,63)/t35-,36-/m0/s1. The Bertz CT molecular complexity index is 2840. The normalized spacial score (nSPS) is 15.8. The molecule has 6 amide bonds. The fourth-order valence-corrected chi connectivity index (χ4v) is 8.76. The zero-order valence-corrected chi connectivity index (χ0v) is 38.9. The summed E-state index contributed by atoms with van der Waals surface area (Å²) in [5, 5.41) is 10.2. The predicted molar refractivity (Wildman–Crippen MR) is 261 cm³/mol. The highest BCUT2D eigenvalue weighted by atomic mass is 16.5. The van der Waals surface area contributed by atoms with Gasteiger partial charge in [-0.3, -0.25) is 48.6 Å². The number of hydrogen-bond donors (Lipinski definition) is 4. The molecule has 0 unspecified atom stereocenters. The van der Waals surface area contributed by atoms with E-state index in [4.69, 9.17) is 28.9 Å². The monoisotopic (exact) mass is 946 g/mol. The first-order valence-corrected chi connectivity index (χ1v) is 22.7. The highest BCUT2D eigenvalue weighted by Gasteiger charge is 2.38. The maximum absolute atomic E-state index is 14.0. The van der Waals surface area contributed by atoms with Crippen LogP contribution in [0.1, 0.15) is 56.8 Å². The molecule has 4 N–H and O–H groups in total. The maximum Gasteiger partial charge on any atom is 0.261 e. The number of carbonyl (C=O) groups is 6. The number of carbonyl (C=O) groups excluding carboxylic acids is 6. The molecule has 5 aromatic carbocycles. The number of nitrogens with zero attached hydrogens (tertiary/aromatic N) is 4. The molecule has 2 atom stereocenters. The Kier molecular flexibility index (Phi) is 13.3. The van der Waals surface area contributed by atoms with E-state index in [1.54, 1.807) is 72.5 Å². The van der Waals surface area contributed by atoms with Crippen molar-refractivity contribution in [3.63, 3.8) is 0 Å². The van der Waals surface area contributed by atoms with Crippen molar-refractivity contribution in [2.75, 3.05) is 49.0 Å². The molecule has 4 aliphatic heterocycles. The minimum Gasteiger partial charge on any atom is -0.493 e. The average molecular weight is 947 g/mol. The van der Waals surface area contributed by atoms with Crippen molar-refractivity contribution >= 4 is 76.3 Å². The van der Waals surface area contributed by atoms with Crippen LogP contribution in [0, 0.1) is 5.92 Å². The molecule has 18 heteroatoms. The lowest BCUT2D eigenvalue weighted by Gasteiger charge is -2.22. The topological polar surface area (TPSA) is 219 Å². The van der Waals surface area contributed by atoms with E-state index in [9.17, 15) is 28.8 Å². The van der Waals surface area contributed by atoms with Gasteiger partial charge in [0, 0.05) is 60.4 Å². The van der Waals surface area contributed by atoms with Crippen LogP contribution in [0.5, 0.6) is 23.0 Å². The van der Waals surface area contributed by atoms with Crippen molar-refractivity contribution in [2.24, 2.45) is 15.9 Å². The lowest BCUT2D eigenvalue weighted by Crippen LogP contribution is -2.44. The number of ether oxygens (including phenoxy) is 4. The van der Waals surface area contributed by atoms with Gasteiger partial charge in [0.1, 0.15) is 13.2 Å². The summed E-state index contributed by atoms with van der Waals surface area (Å²) in [5.41, 5.74) is 6.95. The molecular formula is C52H50N8O10. The van der Waals surface area contributed by atoms with Crippen molar-refractivity contribution in [3.8, 4) is 23.0 Å². The van der Waals surface area contributed by atoms with Gasteiger partial charge in [-0.15, -0.1) is 0 Å². The van der Waals surface area contributed by atoms with Crippen molar-refractivity contribution in [2.45, 2.75) is 52.0 Å². The summed E-state index contributed by atoms with van der Waals surface area (Å²) >= 11 is 0. The van der Waals surface area contributed by atoms with E-state index in [-0.39, 0.29) is 55.5 Å². The zero-order chi connectivity index (χ0) is 49.1. The fourth-order valence-electron chi connectivity index (χ4n) is 8.76. The van der Waals surface area contributed by atoms with Gasteiger partial charge >= 0.3 is 0 Å². The second-order valence-corrected chi connectivity index (χ2v) is 17.3. The van der Waals surface area contributed by atoms with Crippen LogP contribution in [-0.4, -0.2) is 93.8 Å². The quantitative estimate of drug-likeness (QED) is 0.0990. The summed E-state index contributed by atoms with van der Waals surface area (Å²) in [5.74, 6) is -1.48. The zero-order valence-electron chi connectivity index (χ0n) is 38.9. The molecule has 0 spiro atoms. The summed E-state index contributed by atoms with van der Waals surface area (Å²) in [6.07, 6.45) is 4.84. The number of amides is 6. The van der Waals surface area contributed by atoms with Gasteiger partial charge in [-0.1, -0.05) is 50.2 Å². The SMILES string of the molecule is COc1cc2c(cc1OCc1cc(COc3cc4c(cc3OC)C(=O)N3c5ccccc5C[C@H]3C=N4)cc(NC(=O)CNC(=O)CNC(=O)CNC(=O)C(C)C)c1)N=C[C@@H]1Cc3ccccc3N1C2=O. The molecule has 0 saturated heterocycles. The number of nitrogens with one attached hydrogen (secondary N) is 4. The molecule has 0 saturated carbocycles. The molecule has 0 fully saturated rings. The molecule has 4 aliphatic rings. The number of aliphatic imine (C=N–C) groups is 2. The predicted octanol–water partition coefficient (Wildman–Crippen LogP) is 5.38. The van der Waals surface area contributed by atoms with Crippen LogP contribution in [0.4, 0.5) is 28.4 Å². The van der Waals surface area contributed by atoms with Gasteiger partial charge in [0.05, 0.1) is 68.4 Å². The number of methoxy groups -OCH3 is 2. The number of rotatable bonds is 16. The third kappa shape index (κ3) is 9.74. The summed E-state index contributed by atoms with van der Waals surface area (Å²) in [6, 6.07) is 26.9. The molecule has 9 rings (SSSR count). The minimum atomic E-state index is -0.619. The summed E-state index contributed by atoms with van der Waals surface area (Å²) in [4.78, 5) is 90.7. The Morgan fingerprint density at radius 2 is 1.06 bits per heavy atom. The Hall–Kier alpha value is -8.54. The number of hydrogen-bond acceptors (Lipinski definition) is 12. The molecule has 0 radical (unpaired) electrons. The van der Waals surface area contributed by atoms with Gasteiger partial charge in [-0.05, 0) is 64.7 Å². The van der Waals surface area contributed by atoms with Crippen molar-refractivity contribution < 1.29 is 47.7 Å². The highest BCUT2D eigenvalue weighted by Crippen LogP contribution is 2.43. The lowest BCUT2D eigenvalue weighted by atomic mass is 10.1. The minimum absolute atomic E-state index is 0.0283. The average Bonchev–Trinajstić information content (AvgIpc) is 3.86. The number of para-hydroxylation sites is 2. The van der Waals surface area contributed by atoms with Crippen LogP contribution in [0.2, 0.25) is 0 Å². The van der Waals surface area contributed by atoms with E-state index in [0.29, 0.717) is 75.2 Å². The first kappa shape index (κ1) is 46.6. The molecule has 0 aliphatic carbocycles. The molecule has 5 aromatic rings. The molecule has 4 heterocycles. The number of benzene rings is 5. The molecule has 358 valence electrons.